The highest BCUT2D eigenvalue weighted by Gasteiger charge is 2.22. The van der Waals surface area contributed by atoms with Gasteiger partial charge < -0.3 is 25.6 Å². The third-order valence-electron chi connectivity index (χ3n) is 2.30. The fourth-order valence-electron chi connectivity index (χ4n) is 1.40. The van der Waals surface area contributed by atoms with E-state index in [0.29, 0.717) is 6.42 Å². The molecule has 1 atom stereocenters. The summed E-state index contributed by atoms with van der Waals surface area (Å²) in [5.41, 5.74) is 0. The van der Waals surface area contributed by atoms with E-state index in [1.165, 1.54) is 0 Å². The van der Waals surface area contributed by atoms with Crippen LogP contribution >= 0.6 is 0 Å². The van der Waals surface area contributed by atoms with Crippen molar-refractivity contribution in [3.8, 4) is 0 Å². The second kappa shape index (κ2) is 9.57. The summed E-state index contributed by atoms with van der Waals surface area (Å²) in [5.74, 6) is -0.279. The van der Waals surface area contributed by atoms with Crippen molar-refractivity contribution in [2.45, 2.75) is 51.8 Å². The molecule has 1 unspecified atom stereocenters. The molecule has 0 bridgehead atoms. The van der Waals surface area contributed by atoms with Gasteiger partial charge in [0.05, 0.1) is 13.2 Å². The van der Waals surface area contributed by atoms with E-state index in [9.17, 15) is 9.59 Å². The predicted molar refractivity (Wildman–Crippen MR) is 69.6 cm³/mol. The van der Waals surface area contributed by atoms with Crippen LogP contribution in [0.25, 0.3) is 0 Å². The molecule has 0 saturated carbocycles. The number of amides is 2. The van der Waals surface area contributed by atoms with Gasteiger partial charge in [-0.15, -0.1) is 0 Å². The van der Waals surface area contributed by atoms with E-state index in [1.54, 1.807) is 0 Å². The SMILES string of the molecule is CCCC(NC(=O)OC(CO)CO)C(=O)NC(C)C. The lowest BCUT2D eigenvalue weighted by Crippen LogP contribution is -2.49. The minimum absolute atomic E-state index is 0.0210. The maximum Gasteiger partial charge on any atom is 0.408 e. The fourth-order valence-corrected chi connectivity index (χ4v) is 1.40. The van der Waals surface area contributed by atoms with Gasteiger partial charge in [0.2, 0.25) is 5.91 Å². The molecule has 2 amide bonds. The lowest BCUT2D eigenvalue weighted by atomic mass is 10.1. The van der Waals surface area contributed by atoms with Crippen LogP contribution in [-0.4, -0.2) is 53.6 Å². The van der Waals surface area contributed by atoms with E-state index in [-0.39, 0.29) is 11.9 Å². The molecule has 0 aromatic carbocycles. The topological polar surface area (TPSA) is 108 Å². The highest BCUT2D eigenvalue weighted by molar-refractivity contribution is 5.85. The Morgan fingerprint density at radius 3 is 2.16 bits per heavy atom. The van der Waals surface area contributed by atoms with E-state index in [4.69, 9.17) is 14.9 Å². The molecule has 112 valence electrons. The lowest BCUT2D eigenvalue weighted by molar-refractivity contribution is -0.123. The minimum atomic E-state index is -0.976. The summed E-state index contributed by atoms with van der Waals surface area (Å²) >= 11 is 0. The second-order valence-corrected chi connectivity index (χ2v) is 4.54. The minimum Gasteiger partial charge on any atom is -0.441 e. The van der Waals surface area contributed by atoms with E-state index < -0.39 is 31.5 Å². The summed E-state index contributed by atoms with van der Waals surface area (Å²) in [6.07, 6.45) is -0.600. The van der Waals surface area contributed by atoms with Crippen LogP contribution in [0.2, 0.25) is 0 Å². The molecule has 7 nitrogen and oxygen atoms in total. The smallest absolute Gasteiger partial charge is 0.408 e. The Hall–Kier alpha value is -1.34. The first-order chi connectivity index (χ1) is 8.94. The zero-order valence-electron chi connectivity index (χ0n) is 11.7. The van der Waals surface area contributed by atoms with Gasteiger partial charge in [-0.2, -0.15) is 0 Å². The standard InChI is InChI=1S/C12H24N2O5/c1-4-5-10(11(17)13-8(2)3)14-12(18)19-9(6-15)7-16/h8-10,15-16H,4-7H2,1-3H3,(H,13,17)(H,14,18). The van der Waals surface area contributed by atoms with Crippen LogP contribution in [0.1, 0.15) is 33.6 Å². The number of hydrogen-bond donors (Lipinski definition) is 4. The van der Waals surface area contributed by atoms with Crippen molar-refractivity contribution in [1.82, 2.24) is 10.6 Å². The molecule has 0 aromatic rings. The van der Waals surface area contributed by atoms with Gasteiger partial charge in [-0.3, -0.25) is 4.79 Å². The number of ether oxygens (including phenoxy) is 1. The van der Waals surface area contributed by atoms with Crippen LogP contribution in [0, 0.1) is 0 Å². The number of nitrogens with one attached hydrogen (secondary N) is 2. The van der Waals surface area contributed by atoms with Gasteiger partial charge in [0.15, 0.2) is 0 Å². The predicted octanol–water partition coefficient (Wildman–Crippen LogP) is -0.241. The molecular formula is C12H24N2O5. The third kappa shape index (κ3) is 7.63. The summed E-state index contributed by atoms with van der Waals surface area (Å²) in [6.45, 7) is 4.60. The van der Waals surface area contributed by atoms with Crippen molar-refractivity contribution in [3.05, 3.63) is 0 Å². The molecule has 4 N–H and O–H groups in total. The summed E-state index contributed by atoms with van der Waals surface area (Å²) in [5, 5.41) is 22.7. The normalized spacial score (nSPS) is 12.4. The van der Waals surface area contributed by atoms with Crippen molar-refractivity contribution < 1.29 is 24.5 Å². The summed E-state index contributed by atoms with van der Waals surface area (Å²) in [4.78, 5) is 23.3. The molecule has 0 rings (SSSR count). The number of alkyl carbamates (subject to hydrolysis) is 1. The number of hydrogen-bond acceptors (Lipinski definition) is 5. The van der Waals surface area contributed by atoms with E-state index in [1.807, 2.05) is 20.8 Å². The van der Waals surface area contributed by atoms with Crippen molar-refractivity contribution >= 4 is 12.0 Å². The van der Waals surface area contributed by atoms with Crippen LogP contribution in [0.3, 0.4) is 0 Å². The van der Waals surface area contributed by atoms with Gasteiger partial charge >= 0.3 is 6.09 Å². The average Bonchev–Trinajstić information content (AvgIpc) is 2.34. The van der Waals surface area contributed by atoms with Crippen LogP contribution in [-0.2, 0) is 9.53 Å². The molecule has 7 heteroatoms. The number of carbonyl (C=O) groups excluding carboxylic acids is 2. The molecule has 0 saturated heterocycles. The van der Waals surface area contributed by atoms with Gasteiger partial charge in [-0.25, -0.2) is 4.79 Å². The zero-order chi connectivity index (χ0) is 14.8. The monoisotopic (exact) mass is 276 g/mol. The van der Waals surface area contributed by atoms with Gasteiger partial charge in [0.1, 0.15) is 12.1 Å². The maximum absolute atomic E-state index is 11.8. The Labute approximate surface area is 113 Å². The molecular weight excluding hydrogens is 252 g/mol. The summed E-state index contributed by atoms with van der Waals surface area (Å²) in [6, 6.07) is -0.703. The molecule has 0 aliphatic rings. The van der Waals surface area contributed by atoms with Crippen molar-refractivity contribution in [2.24, 2.45) is 0 Å². The van der Waals surface area contributed by atoms with Crippen molar-refractivity contribution in [2.75, 3.05) is 13.2 Å². The number of carbonyl (C=O) groups is 2. The Morgan fingerprint density at radius 2 is 1.74 bits per heavy atom. The molecule has 0 spiro atoms. The van der Waals surface area contributed by atoms with E-state index in [0.717, 1.165) is 6.42 Å². The molecule has 0 heterocycles. The Morgan fingerprint density at radius 1 is 1.16 bits per heavy atom. The average molecular weight is 276 g/mol. The summed E-state index contributed by atoms with van der Waals surface area (Å²) < 4.78 is 4.75. The molecule has 0 aromatic heterocycles. The van der Waals surface area contributed by atoms with Crippen LogP contribution in [0.15, 0.2) is 0 Å². The van der Waals surface area contributed by atoms with Crippen LogP contribution in [0.4, 0.5) is 4.79 Å². The van der Waals surface area contributed by atoms with Gasteiger partial charge in [0, 0.05) is 6.04 Å². The first-order valence-electron chi connectivity index (χ1n) is 6.43. The number of rotatable bonds is 8. The summed E-state index contributed by atoms with van der Waals surface area (Å²) in [7, 11) is 0. The molecule has 0 aliphatic carbocycles. The Bertz CT molecular complexity index is 279. The number of aliphatic hydroxyl groups excluding tert-OH is 2. The van der Waals surface area contributed by atoms with Gasteiger partial charge in [-0.1, -0.05) is 13.3 Å². The maximum atomic E-state index is 11.8. The van der Waals surface area contributed by atoms with Crippen LogP contribution < -0.4 is 10.6 Å². The molecule has 19 heavy (non-hydrogen) atoms. The largest absolute Gasteiger partial charge is 0.441 e. The Balaban J connectivity index is 4.40. The highest BCUT2D eigenvalue weighted by Crippen LogP contribution is 2.00. The van der Waals surface area contributed by atoms with E-state index >= 15 is 0 Å². The highest BCUT2D eigenvalue weighted by atomic mass is 16.6. The molecule has 0 fully saturated rings. The fraction of sp³-hybridized carbons (Fsp3) is 0.833. The first kappa shape index (κ1) is 17.7. The zero-order valence-corrected chi connectivity index (χ0v) is 11.7. The van der Waals surface area contributed by atoms with Crippen molar-refractivity contribution in [1.29, 1.82) is 0 Å². The quantitative estimate of drug-likeness (QED) is 0.489. The van der Waals surface area contributed by atoms with Gasteiger partial charge in [-0.05, 0) is 20.3 Å². The van der Waals surface area contributed by atoms with Gasteiger partial charge in [0.25, 0.3) is 0 Å². The lowest BCUT2D eigenvalue weighted by Gasteiger charge is -2.20. The van der Waals surface area contributed by atoms with Crippen LogP contribution in [0.5, 0.6) is 0 Å². The second-order valence-electron chi connectivity index (χ2n) is 4.54. The third-order valence-corrected chi connectivity index (χ3v) is 2.30. The van der Waals surface area contributed by atoms with E-state index in [2.05, 4.69) is 10.6 Å². The molecule has 0 radical (unpaired) electrons. The Kier molecular flexibility index (Phi) is 8.90. The number of aliphatic hydroxyl groups is 2. The first-order valence-corrected chi connectivity index (χ1v) is 6.43. The van der Waals surface area contributed by atoms with Crippen molar-refractivity contribution in [3.63, 3.8) is 0 Å². The molecule has 0 aliphatic heterocycles.